The summed E-state index contributed by atoms with van der Waals surface area (Å²) in [5.74, 6) is 0.993. The number of carbonyl (C=O) groups is 2. The summed E-state index contributed by atoms with van der Waals surface area (Å²) in [7, 11) is 0. The fraction of sp³-hybridized carbons (Fsp3) is 0.857. The molecule has 0 heterocycles. The number of alkyl carbamates (subject to hydrolysis) is 1. The second-order valence-electron chi connectivity index (χ2n) is 4.90. The predicted molar refractivity (Wildman–Crippen MR) is 82.0 cm³/mol. The Morgan fingerprint density at radius 1 is 1.20 bits per heavy atom. The third-order valence-electron chi connectivity index (χ3n) is 2.63. The molecule has 0 aliphatic heterocycles. The van der Waals surface area contributed by atoms with Crippen molar-refractivity contribution in [2.75, 3.05) is 25.2 Å². The van der Waals surface area contributed by atoms with E-state index in [0.29, 0.717) is 18.9 Å². The minimum absolute atomic E-state index is 0.282. The standard InChI is InChI=1S/C14H27NO4S/c1-5-18-14(17)15-12(8-10-20-4)13(16)19-9-6-7-11(2)3/h11-12H,5-10H2,1-4H3,(H,15,17). The molecule has 1 N–H and O–H groups in total. The Morgan fingerprint density at radius 3 is 2.45 bits per heavy atom. The van der Waals surface area contributed by atoms with E-state index in [1.165, 1.54) is 0 Å². The Hall–Kier alpha value is -0.910. The van der Waals surface area contributed by atoms with Crippen LogP contribution in [0.25, 0.3) is 0 Å². The maximum atomic E-state index is 11.9. The van der Waals surface area contributed by atoms with Gasteiger partial charge < -0.3 is 14.8 Å². The average Bonchev–Trinajstić information content (AvgIpc) is 2.39. The van der Waals surface area contributed by atoms with Crippen molar-refractivity contribution in [2.45, 2.75) is 46.1 Å². The second kappa shape index (κ2) is 11.9. The molecule has 5 nitrogen and oxygen atoms in total. The molecular formula is C14H27NO4S. The Labute approximate surface area is 126 Å². The largest absolute Gasteiger partial charge is 0.464 e. The third-order valence-corrected chi connectivity index (χ3v) is 3.28. The molecular weight excluding hydrogens is 278 g/mol. The van der Waals surface area contributed by atoms with Crippen molar-refractivity contribution in [2.24, 2.45) is 5.92 Å². The summed E-state index contributed by atoms with van der Waals surface area (Å²) in [6.07, 6.45) is 3.79. The van der Waals surface area contributed by atoms with Gasteiger partial charge in [-0.1, -0.05) is 13.8 Å². The van der Waals surface area contributed by atoms with Crippen LogP contribution in [0.2, 0.25) is 0 Å². The van der Waals surface area contributed by atoms with Crippen LogP contribution in [-0.2, 0) is 14.3 Å². The minimum atomic E-state index is -0.624. The second-order valence-corrected chi connectivity index (χ2v) is 5.89. The van der Waals surface area contributed by atoms with E-state index in [0.717, 1.165) is 18.6 Å². The van der Waals surface area contributed by atoms with Gasteiger partial charge in [0.05, 0.1) is 13.2 Å². The topological polar surface area (TPSA) is 64.6 Å². The number of nitrogens with one attached hydrogen (secondary N) is 1. The molecule has 0 rings (SSSR count). The van der Waals surface area contributed by atoms with Crippen LogP contribution >= 0.6 is 11.8 Å². The van der Waals surface area contributed by atoms with E-state index in [9.17, 15) is 9.59 Å². The van der Waals surface area contributed by atoms with Gasteiger partial charge in [-0.15, -0.1) is 0 Å². The SMILES string of the molecule is CCOC(=O)NC(CCSC)C(=O)OCCCC(C)C. The zero-order valence-electron chi connectivity index (χ0n) is 12.9. The zero-order valence-corrected chi connectivity index (χ0v) is 13.8. The molecule has 6 heteroatoms. The maximum absolute atomic E-state index is 11.9. The Bertz CT molecular complexity index is 284. The van der Waals surface area contributed by atoms with E-state index < -0.39 is 12.1 Å². The molecule has 1 unspecified atom stereocenters. The smallest absolute Gasteiger partial charge is 0.407 e. The van der Waals surface area contributed by atoms with E-state index in [2.05, 4.69) is 19.2 Å². The van der Waals surface area contributed by atoms with E-state index in [1.807, 2.05) is 6.26 Å². The highest BCUT2D eigenvalue weighted by molar-refractivity contribution is 7.98. The molecule has 0 radical (unpaired) electrons. The lowest BCUT2D eigenvalue weighted by molar-refractivity contribution is -0.146. The maximum Gasteiger partial charge on any atom is 0.407 e. The number of esters is 1. The number of ether oxygens (including phenoxy) is 2. The van der Waals surface area contributed by atoms with Gasteiger partial charge in [0.1, 0.15) is 6.04 Å². The first-order chi connectivity index (χ1) is 9.51. The molecule has 0 fully saturated rings. The summed E-state index contributed by atoms with van der Waals surface area (Å²) in [6, 6.07) is -0.624. The molecule has 1 atom stereocenters. The Kier molecular flexibility index (Phi) is 11.3. The van der Waals surface area contributed by atoms with Gasteiger partial charge in [0, 0.05) is 0 Å². The Balaban J connectivity index is 4.15. The van der Waals surface area contributed by atoms with Gasteiger partial charge in [0.25, 0.3) is 0 Å². The lowest BCUT2D eigenvalue weighted by Crippen LogP contribution is -2.42. The van der Waals surface area contributed by atoms with Crippen molar-refractivity contribution in [1.82, 2.24) is 5.32 Å². The summed E-state index contributed by atoms with van der Waals surface area (Å²) >= 11 is 1.62. The molecule has 0 spiro atoms. The number of thioether (sulfide) groups is 1. The van der Waals surface area contributed by atoms with Crippen molar-refractivity contribution in [3.63, 3.8) is 0 Å². The van der Waals surface area contributed by atoms with Gasteiger partial charge >= 0.3 is 12.1 Å². The molecule has 0 aliphatic carbocycles. The van der Waals surface area contributed by atoms with Crippen LogP contribution < -0.4 is 5.32 Å². The molecule has 1 amide bonds. The van der Waals surface area contributed by atoms with E-state index >= 15 is 0 Å². The highest BCUT2D eigenvalue weighted by Gasteiger charge is 2.22. The summed E-state index contributed by atoms with van der Waals surface area (Å²) in [6.45, 7) is 6.67. The number of hydrogen-bond donors (Lipinski definition) is 1. The van der Waals surface area contributed by atoms with Crippen LogP contribution in [0.3, 0.4) is 0 Å². The summed E-state index contributed by atoms with van der Waals surface area (Å²) in [5, 5.41) is 2.55. The van der Waals surface area contributed by atoms with Gasteiger partial charge in [0.2, 0.25) is 0 Å². The normalized spacial score (nSPS) is 12.1. The molecule has 20 heavy (non-hydrogen) atoms. The first-order valence-electron chi connectivity index (χ1n) is 7.10. The van der Waals surface area contributed by atoms with Crippen LogP contribution in [0.5, 0.6) is 0 Å². The number of rotatable bonds is 10. The lowest BCUT2D eigenvalue weighted by atomic mass is 10.1. The predicted octanol–water partition coefficient (Wildman–Crippen LogP) is 2.83. The van der Waals surface area contributed by atoms with Crippen LogP contribution in [0.15, 0.2) is 0 Å². The molecule has 0 saturated heterocycles. The van der Waals surface area contributed by atoms with Crippen molar-refractivity contribution in [3.8, 4) is 0 Å². The minimum Gasteiger partial charge on any atom is -0.464 e. The lowest BCUT2D eigenvalue weighted by Gasteiger charge is -2.17. The highest BCUT2D eigenvalue weighted by Crippen LogP contribution is 2.06. The zero-order chi connectivity index (χ0) is 15.4. The number of amides is 1. The monoisotopic (exact) mass is 305 g/mol. The highest BCUT2D eigenvalue weighted by atomic mass is 32.2. The molecule has 0 aliphatic rings. The van der Waals surface area contributed by atoms with Gasteiger partial charge in [-0.25, -0.2) is 9.59 Å². The van der Waals surface area contributed by atoms with Crippen molar-refractivity contribution in [1.29, 1.82) is 0 Å². The quantitative estimate of drug-likeness (QED) is 0.496. The molecule has 0 aromatic rings. The van der Waals surface area contributed by atoms with Crippen LogP contribution in [0.1, 0.15) is 40.0 Å². The summed E-state index contributed by atoms with van der Waals surface area (Å²) < 4.78 is 10.0. The molecule has 0 aromatic carbocycles. The third kappa shape index (κ3) is 9.95. The number of hydrogen-bond acceptors (Lipinski definition) is 5. The fourth-order valence-electron chi connectivity index (χ4n) is 1.56. The Morgan fingerprint density at radius 2 is 1.90 bits per heavy atom. The molecule has 0 bridgehead atoms. The first-order valence-corrected chi connectivity index (χ1v) is 8.49. The average molecular weight is 305 g/mol. The van der Waals surface area contributed by atoms with Crippen LogP contribution in [-0.4, -0.2) is 43.3 Å². The van der Waals surface area contributed by atoms with Gasteiger partial charge in [-0.3, -0.25) is 0 Å². The van der Waals surface area contributed by atoms with E-state index in [1.54, 1.807) is 18.7 Å². The van der Waals surface area contributed by atoms with Crippen molar-refractivity contribution >= 4 is 23.8 Å². The van der Waals surface area contributed by atoms with Crippen molar-refractivity contribution < 1.29 is 19.1 Å². The fourth-order valence-corrected chi connectivity index (χ4v) is 2.04. The van der Waals surface area contributed by atoms with E-state index in [-0.39, 0.29) is 12.6 Å². The summed E-state index contributed by atoms with van der Waals surface area (Å²) in [4.78, 5) is 23.3. The van der Waals surface area contributed by atoms with Gasteiger partial charge in [0.15, 0.2) is 0 Å². The van der Waals surface area contributed by atoms with Crippen molar-refractivity contribution in [3.05, 3.63) is 0 Å². The molecule has 0 aromatic heterocycles. The van der Waals surface area contributed by atoms with Crippen LogP contribution in [0.4, 0.5) is 4.79 Å². The van der Waals surface area contributed by atoms with Crippen LogP contribution in [0, 0.1) is 5.92 Å². The van der Waals surface area contributed by atoms with E-state index in [4.69, 9.17) is 9.47 Å². The molecule has 0 saturated carbocycles. The first kappa shape index (κ1) is 19.1. The summed E-state index contributed by atoms with van der Waals surface area (Å²) in [5.41, 5.74) is 0. The molecule has 118 valence electrons. The van der Waals surface area contributed by atoms with Gasteiger partial charge in [-0.05, 0) is 44.1 Å². The number of carbonyl (C=O) groups excluding carboxylic acids is 2. The van der Waals surface area contributed by atoms with Gasteiger partial charge in [-0.2, -0.15) is 11.8 Å².